The predicted octanol–water partition coefficient (Wildman–Crippen LogP) is 2.46. The first kappa shape index (κ1) is 12.4. The van der Waals surface area contributed by atoms with Crippen molar-refractivity contribution in [2.75, 3.05) is 12.4 Å². The molecule has 1 atom stereocenters. The fourth-order valence-electron chi connectivity index (χ4n) is 2.65. The van der Waals surface area contributed by atoms with Crippen molar-refractivity contribution in [3.05, 3.63) is 47.4 Å². The van der Waals surface area contributed by atoms with Gasteiger partial charge < -0.3 is 10.1 Å². The lowest BCUT2D eigenvalue weighted by Gasteiger charge is -2.15. The summed E-state index contributed by atoms with van der Waals surface area (Å²) in [6, 6.07) is 8.25. The molecule has 1 N–H and O–H groups in total. The summed E-state index contributed by atoms with van der Waals surface area (Å²) in [5.41, 5.74) is 2.76. The normalized spacial score (nSPS) is 16.3. The molecule has 1 aliphatic carbocycles. The molecule has 0 radical (unpaired) electrons. The summed E-state index contributed by atoms with van der Waals surface area (Å²) >= 11 is 0. The molecule has 2 aromatic rings. The van der Waals surface area contributed by atoms with Crippen molar-refractivity contribution in [2.24, 2.45) is 0 Å². The number of hydrogen-bond donors (Lipinski definition) is 1. The van der Waals surface area contributed by atoms with Crippen molar-refractivity contribution in [2.45, 2.75) is 18.9 Å². The Hall–Kier alpha value is -2.61. The average Bonchev–Trinajstić information content (AvgIpc) is 2.91. The SMILES string of the molecule is COc1cccc2c1CCC2Nc1nccnc1C#N. The highest BCUT2D eigenvalue weighted by Crippen LogP contribution is 2.38. The Kier molecular flexibility index (Phi) is 3.21. The van der Waals surface area contributed by atoms with Crippen LogP contribution in [0.3, 0.4) is 0 Å². The van der Waals surface area contributed by atoms with E-state index in [9.17, 15) is 0 Å². The molecule has 1 heterocycles. The van der Waals surface area contributed by atoms with E-state index in [0.29, 0.717) is 11.5 Å². The number of nitriles is 1. The molecule has 5 nitrogen and oxygen atoms in total. The van der Waals surface area contributed by atoms with Crippen LogP contribution in [0, 0.1) is 11.3 Å². The van der Waals surface area contributed by atoms with Crippen molar-refractivity contribution in [3.63, 3.8) is 0 Å². The Balaban J connectivity index is 1.91. The summed E-state index contributed by atoms with van der Waals surface area (Å²) in [5.74, 6) is 1.46. The van der Waals surface area contributed by atoms with Crippen LogP contribution in [0.1, 0.15) is 29.3 Å². The molecular formula is C15H14N4O. The molecule has 0 saturated carbocycles. The number of fused-ring (bicyclic) bond motifs is 1. The van der Waals surface area contributed by atoms with Crippen LogP contribution in [-0.4, -0.2) is 17.1 Å². The first-order valence-electron chi connectivity index (χ1n) is 6.47. The van der Waals surface area contributed by atoms with E-state index in [0.717, 1.165) is 18.6 Å². The number of aromatic nitrogens is 2. The minimum Gasteiger partial charge on any atom is -0.496 e. The van der Waals surface area contributed by atoms with Gasteiger partial charge in [0, 0.05) is 12.4 Å². The molecular weight excluding hydrogens is 252 g/mol. The number of benzene rings is 1. The summed E-state index contributed by atoms with van der Waals surface area (Å²) in [7, 11) is 1.69. The number of methoxy groups -OCH3 is 1. The van der Waals surface area contributed by atoms with Gasteiger partial charge in [0.1, 0.15) is 11.8 Å². The highest BCUT2D eigenvalue weighted by Gasteiger charge is 2.25. The minimum atomic E-state index is 0.142. The summed E-state index contributed by atoms with van der Waals surface area (Å²) in [6.45, 7) is 0. The lowest BCUT2D eigenvalue weighted by atomic mass is 10.1. The number of nitrogens with zero attached hydrogens (tertiary/aromatic N) is 3. The second-order valence-electron chi connectivity index (χ2n) is 4.63. The van der Waals surface area contributed by atoms with Crippen LogP contribution in [0.5, 0.6) is 5.75 Å². The third-order valence-corrected chi connectivity index (χ3v) is 3.56. The van der Waals surface area contributed by atoms with Gasteiger partial charge in [0.25, 0.3) is 0 Å². The third kappa shape index (κ3) is 2.05. The lowest BCUT2D eigenvalue weighted by molar-refractivity contribution is 0.410. The topological polar surface area (TPSA) is 70.8 Å². The van der Waals surface area contributed by atoms with Crippen LogP contribution < -0.4 is 10.1 Å². The summed E-state index contributed by atoms with van der Waals surface area (Å²) in [5, 5.41) is 12.4. The molecule has 20 heavy (non-hydrogen) atoms. The van der Waals surface area contributed by atoms with Gasteiger partial charge in [0.05, 0.1) is 13.2 Å². The van der Waals surface area contributed by atoms with E-state index in [1.807, 2.05) is 12.1 Å². The Bertz CT molecular complexity index is 678. The fourth-order valence-corrected chi connectivity index (χ4v) is 2.65. The van der Waals surface area contributed by atoms with Gasteiger partial charge in [-0.2, -0.15) is 5.26 Å². The Morgan fingerprint density at radius 3 is 3.00 bits per heavy atom. The molecule has 100 valence electrons. The summed E-state index contributed by atoms with van der Waals surface area (Å²) in [6.07, 6.45) is 5.02. The molecule has 1 aromatic carbocycles. The maximum Gasteiger partial charge on any atom is 0.182 e. The molecule has 0 aliphatic heterocycles. The van der Waals surface area contributed by atoms with Crippen LogP contribution in [0.2, 0.25) is 0 Å². The number of ether oxygens (including phenoxy) is 1. The molecule has 0 saturated heterocycles. The zero-order valence-electron chi connectivity index (χ0n) is 11.1. The van der Waals surface area contributed by atoms with E-state index in [1.165, 1.54) is 17.3 Å². The van der Waals surface area contributed by atoms with Crippen LogP contribution in [0.25, 0.3) is 0 Å². The molecule has 5 heteroatoms. The number of hydrogen-bond acceptors (Lipinski definition) is 5. The van der Waals surface area contributed by atoms with Gasteiger partial charge in [-0.25, -0.2) is 9.97 Å². The van der Waals surface area contributed by atoms with Crippen LogP contribution in [-0.2, 0) is 6.42 Å². The monoisotopic (exact) mass is 266 g/mol. The maximum absolute atomic E-state index is 9.06. The zero-order chi connectivity index (χ0) is 13.9. The molecule has 3 rings (SSSR count). The highest BCUT2D eigenvalue weighted by molar-refractivity contribution is 5.52. The minimum absolute atomic E-state index is 0.142. The second kappa shape index (κ2) is 5.17. The largest absolute Gasteiger partial charge is 0.496 e. The molecule has 1 aliphatic rings. The predicted molar refractivity (Wildman–Crippen MR) is 74.4 cm³/mol. The van der Waals surface area contributed by atoms with E-state index in [-0.39, 0.29) is 6.04 Å². The fraction of sp³-hybridized carbons (Fsp3) is 0.267. The Labute approximate surface area is 117 Å². The average molecular weight is 266 g/mol. The second-order valence-corrected chi connectivity index (χ2v) is 4.63. The molecule has 1 unspecified atom stereocenters. The molecule has 0 spiro atoms. The van der Waals surface area contributed by atoms with Gasteiger partial charge in [0.15, 0.2) is 11.5 Å². The van der Waals surface area contributed by atoms with Gasteiger partial charge >= 0.3 is 0 Å². The third-order valence-electron chi connectivity index (χ3n) is 3.56. The molecule has 0 fully saturated rings. The van der Waals surface area contributed by atoms with E-state index >= 15 is 0 Å². The summed E-state index contributed by atoms with van der Waals surface area (Å²) < 4.78 is 5.39. The first-order valence-corrected chi connectivity index (χ1v) is 6.47. The zero-order valence-corrected chi connectivity index (χ0v) is 11.1. The van der Waals surface area contributed by atoms with Gasteiger partial charge in [-0.1, -0.05) is 12.1 Å². The van der Waals surface area contributed by atoms with E-state index < -0.39 is 0 Å². The number of anilines is 1. The van der Waals surface area contributed by atoms with Gasteiger partial charge in [0.2, 0.25) is 0 Å². The van der Waals surface area contributed by atoms with Crippen molar-refractivity contribution < 1.29 is 4.74 Å². The standard InChI is InChI=1S/C15H14N4O/c1-20-14-4-2-3-10-11(14)5-6-12(10)19-15-13(9-16)17-7-8-18-15/h2-4,7-8,12H,5-6H2,1H3,(H,18,19). The van der Waals surface area contributed by atoms with Crippen LogP contribution >= 0.6 is 0 Å². The van der Waals surface area contributed by atoms with Crippen molar-refractivity contribution >= 4 is 5.82 Å². The number of rotatable bonds is 3. The van der Waals surface area contributed by atoms with Crippen molar-refractivity contribution in [3.8, 4) is 11.8 Å². The molecule has 1 aromatic heterocycles. The van der Waals surface area contributed by atoms with E-state index in [4.69, 9.17) is 10.00 Å². The van der Waals surface area contributed by atoms with Gasteiger partial charge in [-0.15, -0.1) is 0 Å². The quantitative estimate of drug-likeness (QED) is 0.924. The first-order chi connectivity index (χ1) is 9.83. The Morgan fingerprint density at radius 1 is 1.35 bits per heavy atom. The molecule has 0 amide bonds. The smallest absolute Gasteiger partial charge is 0.182 e. The van der Waals surface area contributed by atoms with Gasteiger partial charge in [-0.3, -0.25) is 0 Å². The van der Waals surface area contributed by atoms with Gasteiger partial charge in [-0.05, 0) is 30.0 Å². The van der Waals surface area contributed by atoms with E-state index in [2.05, 4.69) is 27.4 Å². The van der Waals surface area contributed by atoms with Crippen molar-refractivity contribution in [1.29, 1.82) is 5.26 Å². The van der Waals surface area contributed by atoms with E-state index in [1.54, 1.807) is 13.3 Å². The summed E-state index contributed by atoms with van der Waals surface area (Å²) in [4.78, 5) is 8.22. The molecule has 0 bridgehead atoms. The lowest BCUT2D eigenvalue weighted by Crippen LogP contribution is -2.10. The number of nitrogens with one attached hydrogen (secondary N) is 1. The van der Waals surface area contributed by atoms with Crippen LogP contribution in [0.4, 0.5) is 5.82 Å². The van der Waals surface area contributed by atoms with Crippen LogP contribution in [0.15, 0.2) is 30.6 Å². The Morgan fingerprint density at radius 2 is 2.20 bits per heavy atom. The maximum atomic E-state index is 9.06. The highest BCUT2D eigenvalue weighted by atomic mass is 16.5. The van der Waals surface area contributed by atoms with Crippen molar-refractivity contribution in [1.82, 2.24) is 9.97 Å².